The molecule has 0 spiro atoms. The predicted octanol–water partition coefficient (Wildman–Crippen LogP) is 3.78. The van der Waals surface area contributed by atoms with Gasteiger partial charge < -0.3 is 8.85 Å². The first-order valence-electron chi connectivity index (χ1n) is 6.76. The highest BCUT2D eigenvalue weighted by Gasteiger charge is 2.21. The second kappa shape index (κ2) is 12.2. The first-order valence-corrected chi connectivity index (χ1v) is 9.14. The summed E-state index contributed by atoms with van der Waals surface area (Å²) >= 11 is 1.49. The van der Waals surface area contributed by atoms with Crippen LogP contribution in [-0.2, 0) is 13.6 Å². The van der Waals surface area contributed by atoms with E-state index >= 15 is 0 Å². The van der Waals surface area contributed by atoms with Crippen molar-refractivity contribution < 1.29 is 13.6 Å². The number of carbonyl (C=O) groups excluding carboxylic acids is 1. The van der Waals surface area contributed by atoms with Crippen LogP contribution < -0.4 is 0 Å². The summed E-state index contributed by atoms with van der Waals surface area (Å²) < 4.78 is 10.6. The van der Waals surface area contributed by atoms with Crippen molar-refractivity contribution >= 4 is 26.2 Å². The van der Waals surface area contributed by atoms with E-state index in [0.717, 1.165) is 37.9 Å². The molecule has 0 aromatic rings. The summed E-state index contributed by atoms with van der Waals surface area (Å²) in [6.07, 6.45) is 6.25. The molecule has 18 heavy (non-hydrogen) atoms. The molecule has 5 heteroatoms. The van der Waals surface area contributed by atoms with Crippen molar-refractivity contribution in [1.29, 1.82) is 0 Å². The quantitative estimate of drug-likeness (QED) is 0.429. The van der Waals surface area contributed by atoms with E-state index in [2.05, 4.69) is 13.8 Å². The molecule has 0 N–H and O–H groups in total. The maximum absolute atomic E-state index is 11.5. The molecule has 0 bridgehead atoms. The highest BCUT2D eigenvalue weighted by atomic mass is 32.2. The van der Waals surface area contributed by atoms with E-state index in [4.69, 9.17) is 8.85 Å². The number of rotatable bonds is 11. The second-order valence-corrected chi connectivity index (χ2v) is 8.04. The molecule has 107 valence electrons. The molecule has 0 aromatic heterocycles. The molecule has 0 aliphatic heterocycles. The fourth-order valence-corrected chi connectivity index (χ4v) is 4.01. The minimum atomic E-state index is -1.11. The molecule has 0 aliphatic carbocycles. The minimum Gasteiger partial charge on any atom is -0.397 e. The molecule has 0 fully saturated rings. The summed E-state index contributed by atoms with van der Waals surface area (Å²) in [6.45, 7) is 4.32. The molecule has 0 aromatic carbocycles. The van der Waals surface area contributed by atoms with Gasteiger partial charge in [-0.15, -0.1) is 0 Å². The van der Waals surface area contributed by atoms with Crippen LogP contribution in [0.2, 0.25) is 5.54 Å². The second-order valence-electron chi connectivity index (χ2n) is 4.45. The van der Waals surface area contributed by atoms with Gasteiger partial charge in [0.05, 0.1) is 0 Å². The number of thioether (sulfide) groups is 1. The molecule has 0 amide bonds. The van der Waals surface area contributed by atoms with Crippen molar-refractivity contribution in [3.8, 4) is 0 Å². The molecule has 1 unspecified atom stereocenters. The lowest BCUT2D eigenvalue weighted by Gasteiger charge is -2.16. The van der Waals surface area contributed by atoms with Crippen molar-refractivity contribution in [3.63, 3.8) is 0 Å². The molecule has 0 saturated heterocycles. The first-order chi connectivity index (χ1) is 8.65. The van der Waals surface area contributed by atoms with Gasteiger partial charge in [-0.05, 0) is 19.3 Å². The van der Waals surface area contributed by atoms with Gasteiger partial charge in [-0.25, -0.2) is 0 Å². The van der Waals surface area contributed by atoms with E-state index in [1.165, 1.54) is 18.2 Å². The Balaban J connectivity index is 3.51. The van der Waals surface area contributed by atoms with Crippen LogP contribution in [0.3, 0.4) is 0 Å². The monoisotopic (exact) mass is 291 g/mol. The Bertz CT molecular complexity index is 210. The fraction of sp³-hybridized carbons (Fsp3) is 0.923. The third-order valence-corrected chi connectivity index (χ3v) is 5.75. The Morgan fingerprint density at radius 1 is 1.22 bits per heavy atom. The van der Waals surface area contributed by atoms with Crippen LogP contribution in [0, 0.1) is 0 Å². The van der Waals surface area contributed by atoms with Gasteiger partial charge in [-0.1, -0.05) is 38.5 Å². The molecule has 3 nitrogen and oxygen atoms in total. The molecule has 0 saturated carbocycles. The average molecular weight is 292 g/mol. The largest absolute Gasteiger partial charge is 0.397 e. The average Bonchev–Trinajstić information content (AvgIpc) is 2.36. The van der Waals surface area contributed by atoms with Crippen molar-refractivity contribution in [3.05, 3.63) is 0 Å². The number of hydrogen-bond acceptors (Lipinski definition) is 4. The van der Waals surface area contributed by atoms with Crippen LogP contribution in [0.25, 0.3) is 0 Å². The van der Waals surface area contributed by atoms with Gasteiger partial charge in [-0.3, -0.25) is 4.79 Å². The zero-order valence-corrected chi connectivity index (χ0v) is 14.0. The van der Waals surface area contributed by atoms with Crippen molar-refractivity contribution in [2.45, 2.75) is 57.9 Å². The third kappa shape index (κ3) is 9.14. The van der Waals surface area contributed by atoms with E-state index in [-0.39, 0.29) is 0 Å². The van der Waals surface area contributed by atoms with Crippen LogP contribution in [0.1, 0.15) is 52.4 Å². The van der Waals surface area contributed by atoms with Gasteiger partial charge in [-0.2, -0.15) is 0 Å². The highest BCUT2D eigenvalue weighted by molar-refractivity contribution is 8.13. The van der Waals surface area contributed by atoms with Crippen LogP contribution in [0.4, 0.5) is 0 Å². The summed E-state index contributed by atoms with van der Waals surface area (Å²) in [6, 6.07) is 0. The molecule has 1 atom stereocenters. The first kappa shape index (κ1) is 18.2. The van der Waals surface area contributed by atoms with E-state index in [1.54, 1.807) is 14.2 Å². The zero-order valence-electron chi connectivity index (χ0n) is 12.2. The molecular formula is C13H27O3SSi. The normalized spacial score (nSPS) is 12.9. The molecular weight excluding hydrogens is 264 g/mol. The fourth-order valence-electron chi connectivity index (χ4n) is 1.77. The van der Waals surface area contributed by atoms with E-state index < -0.39 is 9.28 Å². The Morgan fingerprint density at radius 3 is 2.44 bits per heavy atom. The third-order valence-electron chi connectivity index (χ3n) is 2.83. The summed E-state index contributed by atoms with van der Waals surface area (Å²) in [5.41, 5.74) is 0.473. The van der Waals surface area contributed by atoms with Crippen LogP contribution >= 0.6 is 11.8 Å². The number of carbonyl (C=O) groups is 1. The van der Waals surface area contributed by atoms with E-state index in [9.17, 15) is 4.79 Å². The van der Waals surface area contributed by atoms with Crippen LogP contribution in [0.15, 0.2) is 0 Å². The Labute approximate surface area is 118 Å². The standard InChI is InChI=1S/C13H27O3SSi/c1-5-6-7-10-13(14)17-11-8-9-12(2)18(15-3)16-4/h12H,5-11H2,1-4H3. The number of hydrogen-bond donors (Lipinski definition) is 0. The smallest absolute Gasteiger partial charge is 0.387 e. The Morgan fingerprint density at radius 2 is 1.89 bits per heavy atom. The van der Waals surface area contributed by atoms with Gasteiger partial charge >= 0.3 is 9.28 Å². The van der Waals surface area contributed by atoms with Crippen molar-refractivity contribution in [2.24, 2.45) is 0 Å². The lowest BCUT2D eigenvalue weighted by Crippen LogP contribution is -2.24. The molecule has 1 radical (unpaired) electrons. The number of unbranched alkanes of at least 4 members (excludes halogenated alkanes) is 2. The predicted molar refractivity (Wildman–Crippen MR) is 80.0 cm³/mol. The lowest BCUT2D eigenvalue weighted by molar-refractivity contribution is -0.111. The van der Waals surface area contributed by atoms with E-state index in [1.807, 2.05) is 0 Å². The molecule has 0 rings (SSSR count). The zero-order chi connectivity index (χ0) is 13.8. The topological polar surface area (TPSA) is 35.5 Å². The van der Waals surface area contributed by atoms with Gasteiger partial charge in [0.2, 0.25) is 0 Å². The van der Waals surface area contributed by atoms with Crippen molar-refractivity contribution in [1.82, 2.24) is 0 Å². The highest BCUT2D eigenvalue weighted by Crippen LogP contribution is 2.20. The summed E-state index contributed by atoms with van der Waals surface area (Å²) in [5, 5.41) is 0.347. The minimum absolute atomic E-state index is 0.347. The molecule has 0 aliphatic rings. The maximum atomic E-state index is 11.5. The SMILES string of the molecule is CCCCCC(=O)SCCCC(C)[Si](OC)OC. The van der Waals surface area contributed by atoms with Gasteiger partial charge in [0.1, 0.15) is 0 Å². The summed E-state index contributed by atoms with van der Waals surface area (Å²) in [5.74, 6) is 0.928. The van der Waals surface area contributed by atoms with Crippen molar-refractivity contribution in [2.75, 3.05) is 20.0 Å². The lowest BCUT2D eigenvalue weighted by atomic mass is 10.2. The van der Waals surface area contributed by atoms with Crippen LogP contribution in [-0.4, -0.2) is 34.4 Å². The van der Waals surface area contributed by atoms with Crippen LogP contribution in [0.5, 0.6) is 0 Å². The van der Waals surface area contributed by atoms with Gasteiger partial charge in [0, 0.05) is 31.9 Å². The van der Waals surface area contributed by atoms with E-state index in [0.29, 0.717) is 10.7 Å². The van der Waals surface area contributed by atoms with Gasteiger partial charge in [0.15, 0.2) is 5.12 Å². The maximum Gasteiger partial charge on any atom is 0.387 e. The Kier molecular flexibility index (Phi) is 12.3. The molecule has 0 heterocycles. The van der Waals surface area contributed by atoms with Gasteiger partial charge in [0.25, 0.3) is 0 Å². The Hall–Kier alpha value is 0.157. The summed E-state index contributed by atoms with van der Waals surface area (Å²) in [7, 11) is 2.30. The summed E-state index contributed by atoms with van der Waals surface area (Å²) in [4.78, 5) is 11.5.